The molecule has 1 aliphatic rings. The summed E-state index contributed by atoms with van der Waals surface area (Å²) in [5.74, 6) is -3.84. The van der Waals surface area contributed by atoms with Crippen LogP contribution in [-0.4, -0.2) is 76.0 Å². The molecular weight excluding hydrogens is 620 g/mol. The molecule has 0 aromatic carbocycles. The molecule has 0 radical (unpaired) electrons. The van der Waals surface area contributed by atoms with Gasteiger partial charge in [0.15, 0.2) is 5.78 Å². The van der Waals surface area contributed by atoms with Crippen molar-refractivity contribution in [3.8, 4) is 0 Å². The average Bonchev–Trinajstić information content (AvgIpc) is 3.14. The number of ketones is 1. The third-order valence-corrected chi connectivity index (χ3v) is 7.95. The van der Waals surface area contributed by atoms with Crippen LogP contribution in [0.5, 0.6) is 0 Å². The van der Waals surface area contributed by atoms with Gasteiger partial charge in [-0.15, -0.1) is 0 Å². The summed E-state index contributed by atoms with van der Waals surface area (Å²) >= 11 is 0. The van der Waals surface area contributed by atoms with Crippen LogP contribution in [0.3, 0.4) is 0 Å². The second kappa shape index (κ2) is 15.2. The lowest BCUT2D eigenvalue weighted by molar-refractivity contribution is -0.161. The molecule has 0 N–H and O–H groups in total. The highest BCUT2D eigenvalue weighted by molar-refractivity contribution is 5.95. The van der Waals surface area contributed by atoms with Crippen molar-refractivity contribution >= 4 is 29.7 Å². The number of rotatable bonds is 12. The second-order valence-electron chi connectivity index (χ2n) is 11.7. The summed E-state index contributed by atoms with van der Waals surface area (Å²) in [5, 5.41) is 0. The lowest BCUT2D eigenvalue weighted by atomic mass is 9.58. The van der Waals surface area contributed by atoms with E-state index in [0.717, 1.165) is 0 Å². The Kier molecular flexibility index (Phi) is 10.6. The van der Waals surface area contributed by atoms with Crippen molar-refractivity contribution in [1.29, 1.82) is 0 Å². The van der Waals surface area contributed by atoms with Crippen molar-refractivity contribution in [3.05, 3.63) is 120 Å². The van der Waals surface area contributed by atoms with E-state index < -0.39 is 66.9 Å². The molecule has 0 atom stereocenters. The van der Waals surface area contributed by atoms with Gasteiger partial charge in [0.25, 0.3) is 0 Å². The van der Waals surface area contributed by atoms with E-state index in [9.17, 15) is 24.0 Å². The summed E-state index contributed by atoms with van der Waals surface area (Å²) in [6.07, 6.45) is 11.6. The van der Waals surface area contributed by atoms with Gasteiger partial charge in [-0.3, -0.25) is 24.7 Å². The maximum Gasteiger partial charge on any atom is 0.339 e. The van der Waals surface area contributed by atoms with Gasteiger partial charge in [0, 0.05) is 49.6 Å². The lowest BCUT2D eigenvalue weighted by Crippen LogP contribution is -2.58. The van der Waals surface area contributed by atoms with Gasteiger partial charge in [0.05, 0.1) is 33.1 Å². The predicted molar refractivity (Wildman–Crippen MR) is 166 cm³/mol. The molecule has 5 rings (SSSR count). The van der Waals surface area contributed by atoms with Crippen molar-refractivity contribution in [1.82, 2.24) is 19.9 Å². The van der Waals surface area contributed by atoms with E-state index in [2.05, 4.69) is 19.9 Å². The topological polar surface area (TPSA) is 174 Å². The fourth-order valence-corrected chi connectivity index (χ4v) is 5.82. The molecule has 0 spiro atoms. The molecule has 1 fully saturated rings. The Morgan fingerprint density at radius 1 is 0.562 bits per heavy atom. The quantitative estimate of drug-likeness (QED) is 0.159. The molecule has 1 saturated carbocycles. The Morgan fingerprint density at radius 2 is 0.833 bits per heavy atom. The van der Waals surface area contributed by atoms with Crippen LogP contribution in [0.1, 0.15) is 61.2 Å². The first-order valence-electron chi connectivity index (χ1n) is 15.0. The van der Waals surface area contributed by atoms with Crippen LogP contribution in [0.4, 0.5) is 0 Å². The maximum atomic E-state index is 14.9. The Balaban J connectivity index is 1.48. The minimum absolute atomic E-state index is 0.140. The fourth-order valence-electron chi connectivity index (χ4n) is 5.82. The highest BCUT2D eigenvalue weighted by atomic mass is 16.6. The van der Waals surface area contributed by atoms with E-state index in [1.165, 1.54) is 73.8 Å². The van der Waals surface area contributed by atoms with Crippen LogP contribution in [-0.2, 0) is 23.7 Å². The Labute approximate surface area is 275 Å². The average molecular weight is 653 g/mol. The zero-order chi connectivity index (χ0) is 34.0. The number of nitrogens with zero attached hydrogens (tertiary/aromatic N) is 4. The Morgan fingerprint density at radius 3 is 1.06 bits per heavy atom. The number of aromatic nitrogens is 4. The summed E-state index contributed by atoms with van der Waals surface area (Å²) in [5.41, 5.74) is -2.63. The minimum Gasteiger partial charge on any atom is -0.461 e. The summed E-state index contributed by atoms with van der Waals surface area (Å²) in [6, 6.07) is 12.3. The van der Waals surface area contributed by atoms with Crippen molar-refractivity contribution in [2.24, 2.45) is 16.7 Å². The molecule has 4 heterocycles. The van der Waals surface area contributed by atoms with Gasteiger partial charge in [0.1, 0.15) is 26.4 Å². The molecule has 4 aromatic heterocycles. The summed E-state index contributed by atoms with van der Waals surface area (Å²) in [4.78, 5) is 82.8. The number of esters is 4. The van der Waals surface area contributed by atoms with E-state index in [-0.39, 0.29) is 41.0 Å². The molecule has 0 aliphatic heterocycles. The number of hydrogen-bond donors (Lipinski definition) is 0. The molecule has 0 saturated heterocycles. The molecule has 0 amide bonds. The maximum absolute atomic E-state index is 14.9. The van der Waals surface area contributed by atoms with E-state index in [1.54, 1.807) is 24.3 Å². The molecule has 0 unspecified atom stereocenters. The number of hydrogen-bond acceptors (Lipinski definition) is 13. The molecule has 13 heteroatoms. The number of carbonyl (C=O) groups is 5. The Hall–Kier alpha value is -5.85. The lowest BCUT2D eigenvalue weighted by Gasteiger charge is -2.47. The summed E-state index contributed by atoms with van der Waals surface area (Å²) in [7, 11) is 0. The predicted octanol–water partition coefficient (Wildman–Crippen LogP) is 3.97. The van der Waals surface area contributed by atoms with Crippen LogP contribution in [0.25, 0.3) is 0 Å². The van der Waals surface area contributed by atoms with E-state index in [1.807, 2.05) is 6.92 Å². The third-order valence-electron chi connectivity index (χ3n) is 7.95. The number of pyridine rings is 4. The normalized spacial score (nSPS) is 15.1. The first-order valence-corrected chi connectivity index (χ1v) is 15.0. The number of carbonyl (C=O) groups excluding carboxylic acids is 5. The van der Waals surface area contributed by atoms with Crippen LogP contribution >= 0.6 is 0 Å². The van der Waals surface area contributed by atoms with Crippen LogP contribution < -0.4 is 0 Å². The monoisotopic (exact) mass is 652 g/mol. The van der Waals surface area contributed by atoms with Crippen molar-refractivity contribution < 1.29 is 42.9 Å². The van der Waals surface area contributed by atoms with Crippen molar-refractivity contribution in [2.45, 2.75) is 19.8 Å². The molecule has 0 bridgehead atoms. The van der Waals surface area contributed by atoms with Gasteiger partial charge < -0.3 is 18.9 Å². The first-order chi connectivity index (χ1) is 23.2. The zero-order valence-corrected chi connectivity index (χ0v) is 26.0. The second-order valence-corrected chi connectivity index (χ2v) is 11.7. The number of ether oxygens (including phenoxy) is 4. The van der Waals surface area contributed by atoms with Gasteiger partial charge in [-0.25, -0.2) is 19.2 Å². The van der Waals surface area contributed by atoms with Gasteiger partial charge in [-0.1, -0.05) is 6.92 Å². The molecule has 1 aliphatic carbocycles. The standard InChI is InChI=1S/C35H32N4O9/c1-24-14-34(20-45-29(40)25-6-2-10-36-16-25,21-46-30(41)26-7-3-11-37-17-26)33(44)35(15-24,22-47-31(42)27-8-4-12-38-18-27)23-48-32(43)28-9-5-13-39-19-28/h2-13,16-19,24H,14-15,20-23H2,1H3. The van der Waals surface area contributed by atoms with E-state index >= 15 is 0 Å². The minimum atomic E-state index is -1.62. The van der Waals surface area contributed by atoms with Gasteiger partial charge in [0.2, 0.25) is 0 Å². The Bertz CT molecular complexity index is 1500. The fraction of sp³-hybridized carbons (Fsp3) is 0.286. The SMILES string of the molecule is CC1CC(COC(=O)c2cccnc2)(COC(=O)c2cccnc2)C(=O)C(COC(=O)c2cccnc2)(COC(=O)c2cccnc2)C1. The molecule has 48 heavy (non-hydrogen) atoms. The zero-order valence-electron chi connectivity index (χ0n) is 26.0. The highest BCUT2D eigenvalue weighted by Crippen LogP contribution is 2.47. The molecule has 4 aromatic rings. The van der Waals surface area contributed by atoms with Crippen molar-refractivity contribution in [3.63, 3.8) is 0 Å². The van der Waals surface area contributed by atoms with E-state index in [4.69, 9.17) is 18.9 Å². The third kappa shape index (κ3) is 7.92. The highest BCUT2D eigenvalue weighted by Gasteiger charge is 2.58. The first kappa shape index (κ1) is 33.5. The molecular formula is C35H32N4O9. The van der Waals surface area contributed by atoms with Crippen molar-refractivity contribution in [2.75, 3.05) is 26.4 Å². The summed E-state index contributed by atoms with van der Waals surface area (Å²) < 4.78 is 22.7. The molecule has 13 nitrogen and oxygen atoms in total. The van der Waals surface area contributed by atoms with Crippen LogP contribution in [0.15, 0.2) is 98.1 Å². The smallest absolute Gasteiger partial charge is 0.339 e. The van der Waals surface area contributed by atoms with Crippen LogP contribution in [0, 0.1) is 16.7 Å². The van der Waals surface area contributed by atoms with Gasteiger partial charge >= 0.3 is 23.9 Å². The largest absolute Gasteiger partial charge is 0.461 e. The summed E-state index contributed by atoms with van der Waals surface area (Å²) in [6.45, 7) is -0.0933. The molecule has 246 valence electrons. The van der Waals surface area contributed by atoms with Gasteiger partial charge in [-0.05, 0) is 67.3 Å². The van der Waals surface area contributed by atoms with E-state index in [0.29, 0.717) is 0 Å². The number of Topliss-reactive ketones (excluding diaryl/α,β-unsaturated/α-hetero) is 1. The van der Waals surface area contributed by atoms with Crippen LogP contribution in [0.2, 0.25) is 0 Å². The van der Waals surface area contributed by atoms with Gasteiger partial charge in [-0.2, -0.15) is 0 Å².